The van der Waals surface area contributed by atoms with E-state index >= 15 is 0 Å². The summed E-state index contributed by atoms with van der Waals surface area (Å²) in [6.07, 6.45) is 2.34. The Morgan fingerprint density at radius 1 is 1.35 bits per heavy atom. The topological polar surface area (TPSA) is 104 Å². The number of benzene rings is 1. The van der Waals surface area contributed by atoms with Crippen molar-refractivity contribution in [2.75, 3.05) is 25.5 Å². The molecule has 1 amide bonds. The standard InChI is InChI=1S/C13H19N3O4/c1-14-13(18)10-5-6-12(16(19)20)11(9-10)15-7-3-2-4-8-17/h5-6,9,15,17H,2-4,7-8H2,1H3,(H,14,18). The van der Waals surface area contributed by atoms with Crippen molar-refractivity contribution in [2.24, 2.45) is 0 Å². The highest BCUT2D eigenvalue weighted by Crippen LogP contribution is 2.25. The number of hydrogen-bond acceptors (Lipinski definition) is 5. The molecule has 0 saturated heterocycles. The van der Waals surface area contributed by atoms with Gasteiger partial charge in [0.25, 0.3) is 11.6 Å². The van der Waals surface area contributed by atoms with Gasteiger partial charge in [-0.3, -0.25) is 14.9 Å². The van der Waals surface area contributed by atoms with E-state index in [0.29, 0.717) is 24.2 Å². The zero-order chi connectivity index (χ0) is 15.0. The van der Waals surface area contributed by atoms with Crippen LogP contribution in [-0.2, 0) is 0 Å². The van der Waals surface area contributed by atoms with E-state index in [4.69, 9.17) is 5.11 Å². The third kappa shape index (κ3) is 4.51. The molecule has 0 aliphatic carbocycles. The number of aliphatic hydroxyl groups excluding tert-OH is 1. The van der Waals surface area contributed by atoms with Crippen molar-refractivity contribution >= 4 is 17.3 Å². The second kappa shape index (κ2) is 8.11. The fraction of sp³-hybridized carbons (Fsp3) is 0.462. The molecule has 1 rings (SSSR count). The number of rotatable bonds is 8. The number of carbonyl (C=O) groups excluding carboxylic acids is 1. The van der Waals surface area contributed by atoms with E-state index in [0.717, 1.165) is 12.8 Å². The van der Waals surface area contributed by atoms with Crippen LogP contribution in [0.5, 0.6) is 0 Å². The zero-order valence-electron chi connectivity index (χ0n) is 11.4. The molecule has 7 heteroatoms. The highest BCUT2D eigenvalue weighted by molar-refractivity contribution is 5.95. The molecule has 110 valence electrons. The maximum Gasteiger partial charge on any atom is 0.292 e. The molecule has 0 spiro atoms. The van der Waals surface area contributed by atoms with Crippen molar-refractivity contribution in [3.05, 3.63) is 33.9 Å². The lowest BCUT2D eigenvalue weighted by atomic mass is 10.1. The van der Waals surface area contributed by atoms with Crippen molar-refractivity contribution in [1.29, 1.82) is 0 Å². The summed E-state index contributed by atoms with van der Waals surface area (Å²) < 4.78 is 0. The molecule has 0 aromatic heterocycles. The van der Waals surface area contributed by atoms with E-state index in [9.17, 15) is 14.9 Å². The van der Waals surface area contributed by atoms with Gasteiger partial charge >= 0.3 is 0 Å². The number of nitro groups is 1. The van der Waals surface area contributed by atoms with Crippen molar-refractivity contribution in [3.8, 4) is 0 Å². The summed E-state index contributed by atoms with van der Waals surface area (Å²) in [6.45, 7) is 0.699. The smallest absolute Gasteiger partial charge is 0.292 e. The molecule has 3 N–H and O–H groups in total. The molecule has 7 nitrogen and oxygen atoms in total. The van der Waals surface area contributed by atoms with Crippen LogP contribution in [0.15, 0.2) is 18.2 Å². The monoisotopic (exact) mass is 281 g/mol. The number of nitrogens with zero attached hydrogens (tertiary/aromatic N) is 1. The minimum Gasteiger partial charge on any atom is -0.396 e. The number of amides is 1. The molecular formula is C13H19N3O4. The van der Waals surface area contributed by atoms with Crippen LogP contribution in [0.4, 0.5) is 11.4 Å². The van der Waals surface area contributed by atoms with Gasteiger partial charge in [-0.15, -0.1) is 0 Å². The second-order valence-corrected chi connectivity index (χ2v) is 4.28. The summed E-state index contributed by atoms with van der Waals surface area (Å²) >= 11 is 0. The van der Waals surface area contributed by atoms with E-state index in [2.05, 4.69) is 10.6 Å². The first kappa shape index (κ1) is 15.9. The fourth-order valence-electron chi connectivity index (χ4n) is 1.76. The van der Waals surface area contributed by atoms with E-state index in [-0.39, 0.29) is 18.2 Å². The highest BCUT2D eigenvalue weighted by Gasteiger charge is 2.15. The number of unbranched alkanes of at least 4 members (excludes halogenated alkanes) is 2. The molecule has 0 aliphatic rings. The van der Waals surface area contributed by atoms with Crippen LogP contribution in [-0.4, -0.2) is 36.1 Å². The molecule has 1 aromatic carbocycles. The molecule has 0 heterocycles. The first-order valence-electron chi connectivity index (χ1n) is 6.45. The second-order valence-electron chi connectivity index (χ2n) is 4.28. The van der Waals surface area contributed by atoms with Gasteiger partial charge in [0.1, 0.15) is 5.69 Å². The molecule has 0 radical (unpaired) electrons. The molecule has 0 atom stereocenters. The summed E-state index contributed by atoms with van der Waals surface area (Å²) in [5.74, 6) is -0.289. The number of hydrogen-bond donors (Lipinski definition) is 3. The summed E-state index contributed by atoms with van der Waals surface area (Å²) in [4.78, 5) is 22.0. The Balaban J connectivity index is 2.78. The molecule has 0 fully saturated rings. The molecule has 0 saturated carbocycles. The van der Waals surface area contributed by atoms with Crippen molar-refractivity contribution in [1.82, 2.24) is 5.32 Å². The lowest BCUT2D eigenvalue weighted by molar-refractivity contribution is -0.384. The van der Waals surface area contributed by atoms with Crippen LogP contribution in [0.3, 0.4) is 0 Å². The van der Waals surface area contributed by atoms with Crippen molar-refractivity contribution in [2.45, 2.75) is 19.3 Å². The minimum atomic E-state index is -0.482. The van der Waals surface area contributed by atoms with Gasteiger partial charge in [0.15, 0.2) is 0 Å². The van der Waals surface area contributed by atoms with E-state index < -0.39 is 4.92 Å². The average molecular weight is 281 g/mol. The van der Waals surface area contributed by atoms with Gasteiger partial charge in [0.05, 0.1) is 4.92 Å². The van der Waals surface area contributed by atoms with Gasteiger partial charge in [-0.05, 0) is 31.4 Å². The molecular weight excluding hydrogens is 262 g/mol. The number of nitrogens with one attached hydrogen (secondary N) is 2. The van der Waals surface area contributed by atoms with Gasteiger partial charge in [-0.25, -0.2) is 0 Å². The third-order valence-electron chi connectivity index (χ3n) is 2.83. The van der Waals surface area contributed by atoms with Gasteiger partial charge < -0.3 is 15.7 Å². The van der Waals surface area contributed by atoms with Gasteiger partial charge in [0, 0.05) is 31.8 Å². The highest BCUT2D eigenvalue weighted by atomic mass is 16.6. The Labute approximate surface area is 117 Å². The largest absolute Gasteiger partial charge is 0.396 e. The normalized spacial score (nSPS) is 10.1. The van der Waals surface area contributed by atoms with Gasteiger partial charge in [-0.2, -0.15) is 0 Å². The SMILES string of the molecule is CNC(=O)c1ccc([N+](=O)[O-])c(NCCCCCO)c1. The van der Waals surface area contributed by atoms with Crippen LogP contribution in [0.25, 0.3) is 0 Å². The lowest BCUT2D eigenvalue weighted by Crippen LogP contribution is -2.18. The van der Waals surface area contributed by atoms with Crippen LogP contribution < -0.4 is 10.6 Å². The van der Waals surface area contributed by atoms with Crippen LogP contribution in [0, 0.1) is 10.1 Å². The predicted molar refractivity (Wildman–Crippen MR) is 75.9 cm³/mol. The summed E-state index contributed by atoms with van der Waals surface area (Å²) in [5, 5.41) is 25.1. The van der Waals surface area contributed by atoms with Gasteiger partial charge in [-0.1, -0.05) is 0 Å². The molecule has 0 aliphatic heterocycles. The van der Waals surface area contributed by atoms with E-state index in [1.54, 1.807) is 0 Å². The average Bonchev–Trinajstić information content (AvgIpc) is 2.45. The van der Waals surface area contributed by atoms with Crippen molar-refractivity contribution in [3.63, 3.8) is 0 Å². The minimum absolute atomic E-state index is 0.0557. The zero-order valence-corrected chi connectivity index (χ0v) is 11.4. The quantitative estimate of drug-likeness (QED) is 0.381. The lowest BCUT2D eigenvalue weighted by Gasteiger charge is -2.08. The first-order valence-corrected chi connectivity index (χ1v) is 6.45. The Morgan fingerprint density at radius 3 is 2.70 bits per heavy atom. The summed E-state index contributed by atoms with van der Waals surface area (Å²) in [6, 6.07) is 4.22. The number of carbonyl (C=O) groups is 1. The maximum absolute atomic E-state index is 11.5. The van der Waals surface area contributed by atoms with Crippen LogP contribution >= 0.6 is 0 Å². The molecule has 0 bridgehead atoms. The number of nitro benzene ring substituents is 1. The summed E-state index contributed by atoms with van der Waals surface area (Å²) in [5.41, 5.74) is 0.649. The Morgan fingerprint density at radius 2 is 2.10 bits per heavy atom. The number of aliphatic hydroxyl groups is 1. The predicted octanol–water partition coefficient (Wildman–Crippen LogP) is 1.53. The van der Waals surface area contributed by atoms with Crippen LogP contribution in [0.1, 0.15) is 29.6 Å². The third-order valence-corrected chi connectivity index (χ3v) is 2.83. The Kier molecular flexibility index (Phi) is 6.45. The van der Waals surface area contributed by atoms with Crippen LogP contribution in [0.2, 0.25) is 0 Å². The van der Waals surface area contributed by atoms with E-state index in [1.165, 1.54) is 25.2 Å². The first-order chi connectivity index (χ1) is 9.60. The molecule has 0 unspecified atom stereocenters. The Bertz CT molecular complexity index is 477. The summed E-state index contributed by atoms with van der Waals surface area (Å²) in [7, 11) is 1.51. The van der Waals surface area contributed by atoms with E-state index in [1.807, 2.05) is 0 Å². The fourth-order valence-corrected chi connectivity index (χ4v) is 1.76. The molecule has 1 aromatic rings. The Hall–Kier alpha value is -2.15. The molecule has 20 heavy (non-hydrogen) atoms. The number of anilines is 1. The van der Waals surface area contributed by atoms with Crippen molar-refractivity contribution < 1.29 is 14.8 Å². The van der Waals surface area contributed by atoms with Gasteiger partial charge in [0.2, 0.25) is 0 Å². The maximum atomic E-state index is 11.5.